The van der Waals surface area contributed by atoms with Crippen LogP contribution in [0.15, 0.2) is 24.3 Å². The lowest BCUT2D eigenvalue weighted by Crippen LogP contribution is -2.14. The first-order valence-electron chi connectivity index (χ1n) is 5.68. The smallest absolute Gasteiger partial charge is 0.420 e. The van der Waals surface area contributed by atoms with Gasteiger partial charge >= 0.3 is 6.18 Å². The molecule has 106 valence electrons. The molecule has 1 heterocycles. The number of aromatic nitrogens is 2. The Morgan fingerprint density at radius 2 is 1.70 bits per heavy atom. The van der Waals surface area contributed by atoms with E-state index in [9.17, 15) is 13.2 Å². The van der Waals surface area contributed by atoms with Gasteiger partial charge in [0.1, 0.15) is 11.3 Å². The Balaban J connectivity index is 2.65. The van der Waals surface area contributed by atoms with Gasteiger partial charge in [-0.05, 0) is 31.2 Å². The number of aryl methyl sites for hydroxylation is 1. The zero-order valence-electron chi connectivity index (χ0n) is 10.8. The molecule has 7 heteroatoms. The summed E-state index contributed by atoms with van der Waals surface area (Å²) < 4.78 is 44.3. The summed E-state index contributed by atoms with van der Waals surface area (Å²) in [5, 5.41) is 0. The van der Waals surface area contributed by atoms with Gasteiger partial charge < -0.3 is 10.5 Å². The number of rotatable bonds is 2. The topological polar surface area (TPSA) is 61.0 Å². The van der Waals surface area contributed by atoms with E-state index < -0.39 is 11.7 Å². The van der Waals surface area contributed by atoms with E-state index in [0.29, 0.717) is 11.3 Å². The SMILES string of the molecule is COc1ccc(-c2nc(N)nc(C)c2C(F)(F)F)cc1. The van der Waals surface area contributed by atoms with Crippen LogP contribution in [0.25, 0.3) is 11.3 Å². The van der Waals surface area contributed by atoms with Gasteiger partial charge in [-0.15, -0.1) is 0 Å². The maximum absolute atomic E-state index is 13.1. The van der Waals surface area contributed by atoms with Gasteiger partial charge in [0.05, 0.1) is 18.5 Å². The second kappa shape index (κ2) is 4.99. The van der Waals surface area contributed by atoms with Crippen LogP contribution in [0.4, 0.5) is 19.1 Å². The molecule has 0 aliphatic carbocycles. The van der Waals surface area contributed by atoms with Crippen molar-refractivity contribution in [3.8, 4) is 17.0 Å². The lowest BCUT2D eigenvalue weighted by molar-refractivity contribution is -0.138. The van der Waals surface area contributed by atoms with Gasteiger partial charge in [-0.2, -0.15) is 13.2 Å². The zero-order valence-corrected chi connectivity index (χ0v) is 10.8. The highest BCUT2D eigenvalue weighted by molar-refractivity contribution is 5.66. The molecule has 1 aromatic carbocycles. The largest absolute Gasteiger partial charge is 0.497 e. The minimum atomic E-state index is -4.55. The number of ether oxygens (including phenoxy) is 1. The number of methoxy groups -OCH3 is 1. The number of hydrogen-bond donors (Lipinski definition) is 1. The van der Waals surface area contributed by atoms with E-state index in [1.54, 1.807) is 12.1 Å². The number of nitrogen functional groups attached to an aromatic ring is 1. The Bertz CT molecular complexity index is 624. The van der Waals surface area contributed by atoms with Crippen molar-refractivity contribution >= 4 is 5.95 Å². The van der Waals surface area contributed by atoms with Crippen LogP contribution in [0.3, 0.4) is 0 Å². The molecule has 20 heavy (non-hydrogen) atoms. The number of anilines is 1. The maximum atomic E-state index is 13.1. The number of hydrogen-bond acceptors (Lipinski definition) is 4. The normalized spacial score (nSPS) is 11.4. The minimum absolute atomic E-state index is 0.193. The van der Waals surface area contributed by atoms with Crippen molar-refractivity contribution < 1.29 is 17.9 Å². The highest BCUT2D eigenvalue weighted by Gasteiger charge is 2.37. The summed E-state index contributed by atoms with van der Waals surface area (Å²) in [5.41, 5.74) is 4.44. The number of nitrogens with zero attached hydrogens (tertiary/aromatic N) is 2. The van der Waals surface area contributed by atoms with Crippen molar-refractivity contribution in [2.24, 2.45) is 0 Å². The van der Waals surface area contributed by atoms with Gasteiger partial charge in [0.25, 0.3) is 0 Å². The van der Waals surface area contributed by atoms with E-state index in [-0.39, 0.29) is 17.3 Å². The van der Waals surface area contributed by atoms with E-state index in [2.05, 4.69) is 9.97 Å². The van der Waals surface area contributed by atoms with Gasteiger partial charge in [0, 0.05) is 5.56 Å². The molecule has 0 radical (unpaired) electrons. The zero-order chi connectivity index (χ0) is 14.9. The van der Waals surface area contributed by atoms with Crippen molar-refractivity contribution in [3.63, 3.8) is 0 Å². The van der Waals surface area contributed by atoms with Gasteiger partial charge in [-0.3, -0.25) is 0 Å². The van der Waals surface area contributed by atoms with Crippen LogP contribution < -0.4 is 10.5 Å². The third-order valence-corrected chi connectivity index (χ3v) is 2.75. The third-order valence-electron chi connectivity index (χ3n) is 2.75. The van der Waals surface area contributed by atoms with Crippen molar-refractivity contribution in [3.05, 3.63) is 35.5 Å². The molecule has 0 spiro atoms. The molecule has 0 aliphatic heterocycles. The van der Waals surface area contributed by atoms with Crippen LogP contribution in [0.1, 0.15) is 11.3 Å². The van der Waals surface area contributed by atoms with Gasteiger partial charge in [-0.1, -0.05) is 0 Å². The molecule has 0 aliphatic rings. The van der Waals surface area contributed by atoms with E-state index in [0.717, 1.165) is 0 Å². The highest BCUT2D eigenvalue weighted by Crippen LogP contribution is 2.38. The Morgan fingerprint density at radius 1 is 1.10 bits per heavy atom. The summed E-state index contributed by atoms with van der Waals surface area (Å²) in [6, 6.07) is 6.11. The maximum Gasteiger partial charge on any atom is 0.420 e. The number of alkyl halides is 3. The Morgan fingerprint density at radius 3 is 2.20 bits per heavy atom. The van der Waals surface area contributed by atoms with Crippen LogP contribution in [0.5, 0.6) is 5.75 Å². The predicted octanol–water partition coefficient (Wildman–Crippen LogP) is 3.06. The molecule has 0 amide bonds. The van der Waals surface area contributed by atoms with E-state index in [4.69, 9.17) is 10.5 Å². The number of nitrogens with two attached hydrogens (primary N) is 1. The second-order valence-electron chi connectivity index (χ2n) is 4.12. The summed E-state index contributed by atoms with van der Waals surface area (Å²) in [5.74, 6) is 0.349. The fourth-order valence-corrected chi connectivity index (χ4v) is 1.89. The Labute approximate surface area is 113 Å². The second-order valence-corrected chi connectivity index (χ2v) is 4.12. The first-order chi connectivity index (χ1) is 9.32. The van der Waals surface area contributed by atoms with Crippen LogP contribution in [-0.4, -0.2) is 17.1 Å². The summed E-state index contributed by atoms with van der Waals surface area (Å²) >= 11 is 0. The molecule has 1 aromatic heterocycles. The Kier molecular flexibility index (Phi) is 3.52. The molecule has 0 saturated carbocycles. The molecular formula is C13H12F3N3O. The van der Waals surface area contributed by atoms with Crippen molar-refractivity contribution in [1.82, 2.24) is 9.97 Å². The average molecular weight is 283 g/mol. The summed E-state index contributed by atoms with van der Waals surface area (Å²) in [4.78, 5) is 7.31. The minimum Gasteiger partial charge on any atom is -0.497 e. The van der Waals surface area contributed by atoms with E-state index >= 15 is 0 Å². The Hall–Kier alpha value is -2.31. The average Bonchev–Trinajstić information content (AvgIpc) is 2.36. The first-order valence-corrected chi connectivity index (χ1v) is 5.68. The molecule has 2 N–H and O–H groups in total. The van der Waals surface area contributed by atoms with E-state index in [1.807, 2.05) is 0 Å². The van der Waals surface area contributed by atoms with Crippen molar-refractivity contribution in [1.29, 1.82) is 0 Å². The quantitative estimate of drug-likeness (QED) is 0.920. The molecule has 4 nitrogen and oxygen atoms in total. The van der Waals surface area contributed by atoms with Crippen LogP contribution >= 0.6 is 0 Å². The summed E-state index contributed by atoms with van der Waals surface area (Å²) in [6.45, 7) is 1.26. The summed E-state index contributed by atoms with van der Waals surface area (Å²) in [7, 11) is 1.48. The van der Waals surface area contributed by atoms with Gasteiger partial charge in [-0.25, -0.2) is 9.97 Å². The molecule has 2 rings (SSSR count). The lowest BCUT2D eigenvalue weighted by atomic mass is 10.0. The summed E-state index contributed by atoms with van der Waals surface area (Å²) in [6.07, 6.45) is -4.55. The van der Waals surface area contributed by atoms with Gasteiger partial charge in [0.15, 0.2) is 0 Å². The highest BCUT2D eigenvalue weighted by atomic mass is 19.4. The fourth-order valence-electron chi connectivity index (χ4n) is 1.89. The van der Waals surface area contributed by atoms with E-state index in [1.165, 1.54) is 26.2 Å². The van der Waals surface area contributed by atoms with Crippen LogP contribution in [0, 0.1) is 6.92 Å². The van der Waals surface area contributed by atoms with Crippen molar-refractivity contribution in [2.75, 3.05) is 12.8 Å². The van der Waals surface area contributed by atoms with Gasteiger partial charge in [0.2, 0.25) is 5.95 Å². The molecule has 0 saturated heterocycles. The molecule has 0 bridgehead atoms. The fraction of sp³-hybridized carbons (Fsp3) is 0.231. The molecular weight excluding hydrogens is 271 g/mol. The number of halogens is 3. The molecule has 0 fully saturated rings. The standard InChI is InChI=1S/C13H12F3N3O/c1-7-10(13(14,15)16)11(19-12(17)18-7)8-3-5-9(20-2)6-4-8/h3-6H,1-2H3,(H2,17,18,19). The number of benzene rings is 1. The lowest BCUT2D eigenvalue weighted by Gasteiger charge is -2.15. The molecule has 0 unspecified atom stereocenters. The molecule has 2 aromatic rings. The third kappa shape index (κ3) is 2.66. The van der Waals surface area contributed by atoms with Crippen LogP contribution in [-0.2, 0) is 6.18 Å². The first kappa shape index (κ1) is 14.1. The predicted molar refractivity (Wildman–Crippen MR) is 68.2 cm³/mol. The monoisotopic (exact) mass is 283 g/mol. The molecule has 0 atom stereocenters. The van der Waals surface area contributed by atoms with Crippen LogP contribution in [0.2, 0.25) is 0 Å². The van der Waals surface area contributed by atoms with Crippen molar-refractivity contribution in [2.45, 2.75) is 13.1 Å².